The molecule has 0 aromatic heterocycles. The standard InChI is InChI=1S/C16H23ClN2O3.ClH/c1-4-22-15-12(17)8-11(9-14(15)21-3)16(20)19-13-6-5-7-18-10(13)2;/h8-10,13,18H,4-7H2,1-3H3,(H,19,20);1H. The van der Waals surface area contributed by atoms with Gasteiger partial charge in [-0.05, 0) is 45.4 Å². The summed E-state index contributed by atoms with van der Waals surface area (Å²) in [6, 6.07) is 3.66. The van der Waals surface area contributed by atoms with E-state index >= 15 is 0 Å². The van der Waals surface area contributed by atoms with E-state index in [-0.39, 0.29) is 30.4 Å². The summed E-state index contributed by atoms with van der Waals surface area (Å²) in [6.45, 7) is 5.42. The second-order valence-electron chi connectivity index (χ2n) is 5.39. The van der Waals surface area contributed by atoms with Crippen LogP contribution in [0.5, 0.6) is 11.5 Å². The molecule has 5 nitrogen and oxygen atoms in total. The van der Waals surface area contributed by atoms with E-state index < -0.39 is 0 Å². The van der Waals surface area contributed by atoms with Gasteiger partial charge in [0.2, 0.25) is 0 Å². The monoisotopic (exact) mass is 362 g/mol. The lowest BCUT2D eigenvalue weighted by atomic mass is 9.99. The molecular formula is C16H24Cl2N2O3. The van der Waals surface area contributed by atoms with Crippen molar-refractivity contribution in [1.29, 1.82) is 0 Å². The Hall–Kier alpha value is -1.17. The van der Waals surface area contributed by atoms with Crippen LogP contribution in [0.4, 0.5) is 0 Å². The van der Waals surface area contributed by atoms with E-state index in [1.54, 1.807) is 12.1 Å². The first-order valence-corrected chi connectivity index (χ1v) is 7.99. The molecule has 0 aliphatic carbocycles. The van der Waals surface area contributed by atoms with Crippen molar-refractivity contribution in [2.75, 3.05) is 20.3 Å². The minimum Gasteiger partial charge on any atom is -0.493 e. The number of rotatable bonds is 5. The Bertz CT molecular complexity index is 540. The predicted molar refractivity (Wildman–Crippen MR) is 94.4 cm³/mol. The summed E-state index contributed by atoms with van der Waals surface area (Å²) in [7, 11) is 1.53. The molecule has 0 spiro atoms. The third kappa shape index (κ3) is 4.90. The maximum atomic E-state index is 12.5. The van der Waals surface area contributed by atoms with Crippen molar-refractivity contribution in [3.05, 3.63) is 22.7 Å². The lowest BCUT2D eigenvalue weighted by molar-refractivity contribution is 0.0919. The van der Waals surface area contributed by atoms with Crippen molar-refractivity contribution in [3.8, 4) is 11.5 Å². The number of carbonyl (C=O) groups excluding carboxylic acids is 1. The minimum atomic E-state index is -0.149. The molecule has 0 radical (unpaired) electrons. The predicted octanol–water partition coefficient (Wildman–Crippen LogP) is 3.04. The van der Waals surface area contributed by atoms with Crippen LogP contribution in [0, 0.1) is 0 Å². The van der Waals surface area contributed by atoms with Gasteiger partial charge in [0.05, 0.1) is 18.7 Å². The molecule has 7 heteroatoms. The van der Waals surface area contributed by atoms with Crippen LogP contribution in [-0.2, 0) is 0 Å². The minimum absolute atomic E-state index is 0. The Labute approximate surface area is 148 Å². The molecule has 1 aliphatic rings. The zero-order valence-electron chi connectivity index (χ0n) is 13.6. The van der Waals surface area contributed by atoms with Crippen LogP contribution in [0.25, 0.3) is 0 Å². The number of amides is 1. The van der Waals surface area contributed by atoms with E-state index in [9.17, 15) is 4.79 Å². The maximum Gasteiger partial charge on any atom is 0.251 e. The largest absolute Gasteiger partial charge is 0.493 e. The van der Waals surface area contributed by atoms with Crippen molar-refractivity contribution >= 4 is 29.9 Å². The fourth-order valence-electron chi connectivity index (χ4n) is 2.63. The number of hydrogen-bond donors (Lipinski definition) is 2. The SMILES string of the molecule is CCOc1c(Cl)cc(C(=O)NC2CCCNC2C)cc1OC.Cl. The molecule has 2 rings (SSSR count). The first-order chi connectivity index (χ1) is 10.6. The molecule has 2 N–H and O–H groups in total. The molecule has 23 heavy (non-hydrogen) atoms. The lowest BCUT2D eigenvalue weighted by Crippen LogP contribution is -2.51. The Morgan fingerprint density at radius 3 is 2.83 bits per heavy atom. The number of methoxy groups -OCH3 is 1. The first-order valence-electron chi connectivity index (χ1n) is 7.61. The van der Waals surface area contributed by atoms with Crippen LogP contribution in [0.3, 0.4) is 0 Å². The summed E-state index contributed by atoms with van der Waals surface area (Å²) in [5, 5.41) is 6.80. The Morgan fingerprint density at radius 2 is 2.22 bits per heavy atom. The van der Waals surface area contributed by atoms with Gasteiger partial charge in [-0.15, -0.1) is 12.4 Å². The number of nitrogens with one attached hydrogen (secondary N) is 2. The van der Waals surface area contributed by atoms with Crippen LogP contribution in [-0.4, -0.2) is 38.3 Å². The summed E-state index contributed by atoms with van der Waals surface area (Å²) >= 11 is 6.21. The molecular weight excluding hydrogens is 339 g/mol. The zero-order chi connectivity index (χ0) is 16.1. The number of benzene rings is 1. The van der Waals surface area contributed by atoms with E-state index in [1.807, 2.05) is 6.92 Å². The van der Waals surface area contributed by atoms with Gasteiger partial charge in [-0.2, -0.15) is 0 Å². The van der Waals surface area contributed by atoms with Gasteiger partial charge in [0.1, 0.15) is 0 Å². The van der Waals surface area contributed by atoms with Crippen molar-refractivity contribution < 1.29 is 14.3 Å². The summed E-state index contributed by atoms with van der Waals surface area (Å²) < 4.78 is 10.7. The number of piperidine rings is 1. The van der Waals surface area contributed by atoms with Gasteiger partial charge in [-0.25, -0.2) is 0 Å². The highest BCUT2D eigenvalue weighted by atomic mass is 35.5. The molecule has 2 unspecified atom stereocenters. The van der Waals surface area contributed by atoms with E-state index in [4.69, 9.17) is 21.1 Å². The molecule has 1 saturated heterocycles. The van der Waals surface area contributed by atoms with Crippen LogP contribution >= 0.6 is 24.0 Å². The molecule has 1 amide bonds. The molecule has 1 aromatic carbocycles. The average Bonchev–Trinajstić information content (AvgIpc) is 2.51. The third-order valence-corrected chi connectivity index (χ3v) is 4.14. The highest BCUT2D eigenvalue weighted by Crippen LogP contribution is 2.36. The zero-order valence-corrected chi connectivity index (χ0v) is 15.2. The van der Waals surface area contributed by atoms with Gasteiger partial charge < -0.3 is 20.1 Å². The Balaban J connectivity index is 0.00000264. The highest BCUT2D eigenvalue weighted by Gasteiger charge is 2.24. The van der Waals surface area contributed by atoms with E-state index in [1.165, 1.54) is 7.11 Å². The molecule has 0 bridgehead atoms. The summed E-state index contributed by atoms with van der Waals surface area (Å²) in [4.78, 5) is 12.5. The van der Waals surface area contributed by atoms with Gasteiger partial charge in [0.15, 0.2) is 11.5 Å². The van der Waals surface area contributed by atoms with Crippen LogP contribution in [0.1, 0.15) is 37.0 Å². The number of hydrogen-bond acceptors (Lipinski definition) is 4. The first kappa shape index (κ1) is 19.9. The van der Waals surface area contributed by atoms with Gasteiger partial charge in [-0.1, -0.05) is 11.6 Å². The fourth-order valence-corrected chi connectivity index (χ4v) is 2.89. The van der Waals surface area contributed by atoms with Crippen LogP contribution in [0.2, 0.25) is 5.02 Å². The van der Waals surface area contributed by atoms with Gasteiger partial charge in [0.25, 0.3) is 5.91 Å². The van der Waals surface area contributed by atoms with Crippen molar-refractivity contribution in [2.45, 2.75) is 38.8 Å². The fraction of sp³-hybridized carbons (Fsp3) is 0.562. The van der Waals surface area contributed by atoms with Crippen molar-refractivity contribution in [3.63, 3.8) is 0 Å². The molecule has 1 fully saturated rings. The Morgan fingerprint density at radius 1 is 1.48 bits per heavy atom. The van der Waals surface area contributed by atoms with Crippen molar-refractivity contribution in [1.82, 2.24) is 10.6 Å². The van der Waals surface area contributed by atoms with Gasteiger partial charge in [-0.3, -0.25) is 4.79 Å². The molecule has 1 aromatic rings. The molecule has 1 heterocycles. The lowest BCUT2D eigenvalue weighted by Gasteiger charge is -2.30. The van der Waals surface area contributed by atoms with Gasteiger partial charge in [0, 0.05) is 17.6 Å². The average molecular weight is 363 g/mol. The molecule has 0 saturated carbocycles. The third-order valence-electron chi connectivity index (χ3n) is 3.86. The quantitative estimate of drug-likeness (QED) is 0.844. The second kappa shape index (κ2) is 9.21. The summed E-state index contributed by atoms with van der Waals surface area (Å²) in [5.74, 6) is 0.786. The molecule has 130 valence electrons. The Kier molecular flexibility index (Phi) is 7.95. The smallest absolute Gasteiger partial charge is 0.251 e. The topological polar surface area (TPSA) is 59.6 Å². The van der Waals surface area contributed by atoms with E-state index in [0.717, 1.165) is 19.4 Å². The van der Waals surface area contributed by atoms with E-state index in [2.05, 4.69) is 17.6 Å². The van der Waals surface area contributed by atoms with Crippen LogP contribution < -0.4 is 20.1 Å². The van der Waals surface area contributed by atoms with E-state index in [0.29, 0.717) is 28.7 Å². The van der Waals surface area contributed by atoms with Crippen molar-refractivity contribution in [2.24, 2.45) is 0 Å². The summed E-state index contributed by atoms with van der Waals surface area (Å²) in [6.07, 6.45) is 2.03. The maximum absolute atomic E-state index is 12.5. The number of halogens is 2. The molecule has 1 aliphatic heterocycles. The highest BCUT2D eigenvalue weighted by molar-refractivity contribution is 6.32. The summed E-state index contributed by atoms with van der Waals surface area (Å²) in [5.41, 5.74) is 0.475. The second-order valence-corrected chi connectivity index (χ2v) is 5.79. The normalized spacial score (nSPS) is 20.3. The molecule has 2 atom stereocenters. The number of ether oxygens (including phenoxy) is 2. The van der Waals surface area contributed by atoms with Crippen LogP contribution in [0.15, 0.2) is 12.1 Å². The number of carbonyl (C=O) groups is 1. The van der Waals surface area contributed by atoms with Gasteiger partial charge >= 0.3 is 0 Å².